The standard InChI is InChI=1S/C50H63N5O9/c1-38(47(57)51-33-46(56)61-34-42-17-9-5-10-18-42)52-25-27-53(39(2)48(58)62-35-43-19-11-6-12-20-43)29-31-55(41(4)50(60)64-37-45-23-15-8-16-24-45)32-30-54(28-26-52)40(3)49(59)63-36-44-21-13-7-14-22-44/h5-24,38-41H,25-37H2,1-4H3,(H,51,57). The second-order valence-corrected chi connectivity index (χ2v) is 16.0. The highest BCUT2D eigenvalue weighted by Gasteiger charge is 2.32. The highest BCUT2D eigenvalue weighted by molar-refractivity contribution is 5.85. The summed E-state index contributed by atoms with van der Waals surface area (Å²) in [6.45, 7) is 10.2. The number of nitrogens with one attached hydrogen (secondary N) is 1. The van der Waals surface area contributed by atoms with Crippen molar-refractivity contribution >= 4 is 29.8 Å². The molecule has 0 radical (unpaired) electrons. The van der Waals surface area contributed by atoms with Crippen molar-refractivity contribution in [2.45, 2.75) is 78.3 Å². The van der Waals surface area contributed by atoms with Gasteiger partial charge in [-0.15, -0.1) is 0 Å². The van der Waals surface area contributed by atoms with E-state index >= 15 is 0 Å². The van der Waals surface area contributed by atoms with Gasteiger partial charge in [-0.3, -0.25) is 43.6 Å². The molecule has 0 aliphatic carbocycles. The normalized spacial score (nSPS) is 16.7. The predicted octanol–water partition coefficient (Wildman–Crippen LogP) is 4.85. The second kappa shape index (κ2) is 26.0. The van der Waals surface area contributed by atoms with E-state index in [0.29, 0.717) is 52.4 Å². The Balaban J connectivity index is 1.34. The maximum absolute atomic E-state index is 13.7. The number of rotatable bonds is 18. The summed E-state index contributed by atoms with van der Waals surface area (Å²) in [6, 6.07) is 35.0. The van der Waals surface area contributed by atoms with E-state index in [0.717, 1.165) is 22.3 Å². The molecule has 14 nitrogen and oxygen atoms in total. The van der Waals surface area contributed by atoms with Crippen LogP contribution in [0, 0.1) is 0 Å². The summed E-state index contributed by atoms with van der Waals surface area (Å²) in [7, 11) is 0. The summed E-state index contributed by atoms with van der Waals surface area (Å²) in [5, 5.41) is 2.74. The van der Waals surface area contributed by atoms with E-state index in [9.17, 15) is 24.0 Å². The lowest BCUT2D eigenvalue weighted by Crippen LogP contribution is -2.56. The summed E-state index contributed by atoms with van der Waals surface area (Å²) in [5.74, 6) is -2.14. The molecule has 1 aliphatic rings. The number of carbonyl (C=O) groups excluding carboxylic acids is 5. The zero-order chi connectivity index (χ0) is 45.7. The maximum Gasteiger partial charge on any atom is 0.325 e. The van der Waals surface area contributed by atoms with E-state index < -0.39 is 48.0 Å². The van der Waals surface area contributed by atoms with Crippen LogP contribution < -0.4 is 5.32 Å². The number of benzene rings is 4. The Labute approximate surface area is 377 Å². The van der Waals surface area contributed by atoms with Gasteiger partial charge in [0.2, 0.25) is 5.91 Å². The summed E-state index contributed by atoms with van der Waals surface area (Å²) >= 11 is 0. The van der Waals surface area contributed by atoms with Gasteiger partial charge in [0, 0.05) is 52.4 Å². The Morgan fingerprint density at radius 2 is 0.656 bits per heavy atom. The van der Waals surface area contributed by atoms with Crippen molar-refractivity contribution < 1.29 is 42.9 Å². The number of hydrogen-bond acceptors (Lipinski definition) is 13. The van der Waals surface area contributed by atoms with E-state index in [1.807, 2.05) is 148 Å². The van der Waals surface area contributed by atoms with E-state index in [-0.39, 0.29) is 38.9 Å². The first-order valence-electron chi connectivity index (χ1n) is 22.0. The molecular formula is C50H63N5O9. The van der Waals surface area contributed by atoms with Crippen LogP contribution in [0.15, 0.2) is 121 Å². The van der Waals surface area contributed by atoms with Gasteiger partial charge in [-0.1, -0.05) is 121 Å². The number of ether oxygens (including phenoxy) is 4. The molecule has 1 aliphatic heterocycles. The van der Waals surface area contributed by atoms with Crippen LogP contribution in [0.25, 0.3) is 0 Å². The van der Waals surface area contributed by atoms with Gasteiger partial charge in [0.15, 0.2) is 0 Å². The van der Waals surface area contributed by atoms with Gasteiger partial charge in [0.1, 0.15) is 51.1 Å². The molecule has 0 bridgehead atoms. The van der Waals surface area contributed by atoms with Gasteiger partial charge in [-0.05, 0) is 49.9 Å². The lowest BCUT2D eigenvalue weighted by Gasteiger charge is -2.39. The minimum Gasteiger partial charge on any atom is -0.460 e. The molecule has 4 aromatic rings. The van der Waals surface area contributed by atoms with Crippen molar-refractivity contribution in [3.05, 3.63) is 144 Å². The molecule has 1 amide bonds. The largest absolute Gasteiger partial charge is 0.460 e. The molecule has 64 heavy (non-hydrogen) atoms. The average molecular weight is 878 g/mol. The molecule has 1 heterocycles. The summed E-state index contributed by atoms with van der Waals surface area (Å²) in [4.78, 5) is 75.3. The molecular weight excluding hydrogens is 815 g/mol. The van der Waals surface area contributed by atoms with Gasteiger partial charge in [0.05, 0.1) is 6.04 Å². The van der Waals surface area contributed by atoms with Crippen molar-refractivity contribution in [3.8, 4) is 0 Å². The fourth-order valence-corrected chi connectivity index (χ4v) is 7.28. The number of carbonyl (C=O) groups is 5. The minimum atomic E-state index is -0.704. The zero-order valence-electron chi connectivity index (χ0n) is 37.5. The first-order chi connectivity index (χ1) is 31.0. The molecule has 342 valence electrons. The molecule has 4 unspecified atom stereocenters. The van der Waals surface area contributed by atoms with Crippen LogP contribution in [0.5, 0.6) is 0 Å². The zero-order valence-corrected chi connectivity index (χ0v) is 37.5. The fraction of sp³-hybridized carbons (Fsp3) is 0.420. The minimum absolute atomic E-state index is 0.0892. The maximum atomic E-state index is 13.7. The number of amides is 1. The van der Waals surface area contributed by atoms with E-state index in [1.165, 1.54) is 0 Å². The number of esters is 4. The van der Waals surface area contributed by atoms with Crippen LogP contribution in [0.2, 0.25) is 0 Å². The Morgan fingerprint density at radius 1 is 0.406 bits per heavy atom. The third-order valence-corrected chi connectivity index (χ3v) is 11.6. The smallest absolute Gasteiger partial charge is 0.325 e. The van der Waals surface area contributed by atoms with Crippen LogP contribution in [-0.4, -0.2) is 132 Å². The van der Waals surface area contributed by atoms with Gasteiger partial charge in [0.25, 0.3) is 0 Å². The summed E-state index contributed by atoms with van der Waals surface area (Å²) in [6.07, 6.45) is 0. The van der Waals surface area contributed by atoms with Crippen LogP contribution in [0.4, 0.5) is 0 Å². The van der Waals surface area contributed by atoms with Crippen molar-refractivity contribution in [3.63, 3.8) is 0 Å². The molecule has 14 heteroatoms. The molecule has 0 spiro atoms. The van der Waals surface area contributed by atoms with Crippen LogP contribution >= 0.6 is 0 Å². The fourth-order valence-electron chi connectivity index (χ4n) is 7.28. The summed E-state index contributed by atoms with van der Waals surface area (Å²) < 4.78 is 22.8. The first-order valence-corrected chi connectivity index (χ1v) is 22.0. The lowest BCUT2D eigenvalue weighted by molar-refractivity contribution is -0.154. The molecule has 1 fully saturated rings. The third kappa shape index (κ3) is 16.0. The Hall–Kier alpha value is -5.93. The van der Waals surface area contributed by atoms with Crippen molar-refractivity contribution in [2.75, 3.05) is 58.9 Å². The van der Waals surface area contributed by atoms with Crippen molar-refractivity contribution in [1.82, 2.24) is 24.9 Å². The Kier molecular flexibility index (Phi) is 19.9. The number of hydrogen-bond donors (Lipinski definition) is 1. The molecule has 4 atom stereocenters. The van der Waals surface area contributed by atoms with Gasteiger partial charge in [-0.25, -0.2) is 0 Å². The Morgan fingerprint density at radius 3 is 0.938 bits per heavy atom. The quantitative estimate of drug-likeness (QED) is 0.107. The average Bonchev–Trinajstić information content (AvgIpc) is 3.33. The third-order valence-electron chi connectivity index (χ3n) is 11.6. The number of nitrogens with zero attached hydrogens (tertiary/aromatic N) is 4. The van der Waals surface area contributed by atoms with Crippen LogP contribution in [-0.2, 0) is 69.3 Å². The molecule has 0 saturated carbocycles. The van der Waals surface area contributed by atoms with Crippen molar-refractivity contribution in [1.29, 1.82) is 0 Å². The van der Waals surface area contributed by atoms with Gasteiger partial charge < -0.3 is 24.3 Å². The molecule has 0 aromatic heterocycles. The molecule has 5 rings (SSSR count). The van der Waals surface area contributed by atoms with Crippen LogP contribution in [0.1, 0.15) is 49.9 Å². The second-order valence-electron chi connectivity index (χ2n) is 16.0. The molecule has 4 aromatic carbocycles. The highest BCUT2D eigenvalue weighted by atomic mass is 16.5. The van der Waals surface area contributed by atoms with Crippen molar-refractivity contribution in [2.24, 2.45) is 0 Å². The first kappa shape index (κ1) is 49.1. The van der Waals surface area contributed by atoms with Gasteiger partial charge in [-0.2, -0.15) is 0 Å². The van der Waals surface area contributed by atoms with E-state index in [2.05, 4.69) is 5.32 Å². The molecule has 1 saturated heterocycles. The van der Waals surface area contributed by atoms with Gasteiger partial charge >= 0.3 is 23.9 Å². The SMILES string of the molecule is CC(C(=O)NCC(=O)OCc1ccccc1)N1CCN(C(C)C(=O)OCc2ccccc2)CCN(C(C)C(=O)OCc2ccccc2)CCN(C(C)C(=O)OCc2ccccc2)CC1. The Bertz CT molecular complexity index is 1970. The van der Waals surface area contributed by atoms with E-state index in [4.69, 9.17) is 18.9 Å². The topological polar surface area (TPSA) is 147 Å². The predicted molar refractivity (Wildman–Crippen MR) is 242 cm³/mol. The molecule has 1 N–H and O–H groups in total. The monoisotopic (exact) mass is 877 g/mol. The van der Waals surface area contributed by atoms with Crippen LogP contribution in [0.3, 0.4) is 0 Å². The highest BCUT2D eigenvalue weighted by Crippen LogP contribution is 2.15. The lowest BCUT2D eigenvalue weighted by atomic mass is 10.2. The van der Waals surface area contributed by atoms with E-state index in [1.54, 1.807) is 20.8 Å². The summed E-state index contributed by atoms with van der Waals surface area (Å²) in [5.41, 5.74) is 3.43.